The molecule has 2 N–H and O–H groups in total. The first-order valence-electron chi connectivity index (χ1n) is 8.82. The highest BCUT2D eigenvalue weighted by atomic mass is 35.5. The number of benzene rings is 1. The third-order valence-corrected chi connectivity index (χ3v) is 4.66. The number of carbonyl (C=O) groups excluding carboxylic acids is 1. The second kappa shape index (κ2) is 7.70. The van der Waals surface area contributed by atoms with Crippen molar-refractivity contribution in [3.8, 4) is 11.4 Å². The Morgan fingerprint density at radius 2 is 2.07 bits per heavy atom. The van der Waals surface area contributed by atoms with Gasteiger partial charge >= 0.3 is 5.97 Å². The number of esters is 1. The molecule has 1 aromatic carbocycles. The largest absolute Gasteiger partial charge is 0.469 e. The van der Waals surface area contributed by atoms with E-state index in [1.165, 1.54) is 7.11 Å². The maximum atomic E-state index is 11.2. The van der Waals surface area contributed by atoms with E-state index in [-0.39, 0.29) is 11.4 Å². The quantitative estimate of drug-likeness (QED) is 0.499. The van der Waals surface area contributed by atoms with Gasteiger partial charge in [0, 0.05) is 24.1 Å². The maximum absolute atomic E-state index is 11.2. The zero-order valence-electron chi connectivity index (χ0n) is 16.0. The Hall–Kier alpha value is -2.38. The summed E-state index contributed by atoms with van der Waals surface area (Å²) in [5, 5.41) is 11.6. The van der Waals surface area contributed by atoms with Gasteiger partial charge in [-0.15, -0.1) is 5.10 Å². The van der Waals surface area contributed by atoms with Crippen LogP contribution in [0, 0.1) is 0 Å². The van der Waals surface area contributed by atoms with E-state index in [1.807, 2.05) is 24.3 Å². The Bertz CT molecular complexity index is 955. The minimum absolute atomic E-state index is 0.124. The van der Waals surface area contributed by atoms with E-state index in [9.17, 15) is 4.79 Å². The molecule has 8 heteroatoms. The Balaban J connectivity index is 1.83. The molecule has 0 aliphatic rings. The Labute approximate surface area is 163 Å². The second-order valence-electron chi connectivity index (χ2n) is 7.38. The molecule has 27 heavy (non-hydrogen) atoms. The van der Waals surface area contributed by atoms with E-state index in [1.54, 1.807) is 4.63 Å². The molecule has 3 rings (SSSR count). The van der Waals surface area contributed by atoms with Crippen LogP contribution in [-0.2, 0) is 21.5 Å². The number of nitrogens with one attached hydrogen (secondary N) is 2. The Morgan fingerprint density at radius 1 is 1.33 bits per heavy atom. The highest BCUT2D eigenvalue weighted by molar-refractivity contribution is 6.34. The van der Waals surface area contributed by atoms with Crippen molar-refractivity contribution in [2.24, 2.45) is 0 Å². The number of ether oxygens (including phenoxy) is 1. The first-order valence-corrected chi connectivity index (χ1v) is 9.19. The van der Waals surface area contributed by atoms with Crippen LogP contribution < -0.4 is 5.32 Å². The van der Waals surface area contributed by atoms with Crippen molar-refractivity contribution in [2.45, 2.75) is 39.2 Å². The van der Waals surface area contributed by atoms with Crippen LogP contribution >= 0.6 is 11.6 Å². The van der Waals surface area contributed by atoms with Crippen LogP contribution in [0.25, 0.3) is 17.0 Å². The van der Waals surface area contributed by atoms with Crippen molar-refractivity contribution in [1.29, 1.82) is 0 Å². The van der Waals surface area contributed by atoms with E-state index >= 15 is 0 Å². The van der Waals surface area contributed by atoms with Crippen molar-refractivity contribution >= 4 is 23.2 Å². The Morgan fingerprint density at radius 3 is 2.74 bits per heavy atom. The van der Waals surface area contributed by atoms with E-state index < -0.39 is 0 Å². The summed E-state index contributed by atoms with van der Waals surface area (Å²) >= 11 is 6.52. The molecule has 3 aromatic rings. The lowest BCUT2D eigenvalue weighted by atomic mass is 9.92. The monoisotopic (exact) mass is 389 g/mol. The fourth-order valence-corrected chi connectivity index (χ4v) is 3.27. The van der Waals surface area contributed by atoms with Gasteiger partial charge in [0.2, 0.25) is 0 Å². The molecule has 0 aliphatic heterocycles. The van der Waals surface area contributed by atoms with Gasteiger partial charge in [0.1, 0.15) is 5.02 Å². The minimum atomic E-state index is -0.231. The van der Waals surface area contributed by atoms with Crippen LogP contribution in [0.5, 0.6) is 0 Å². The molecule has 0 amide bonds. The molecule has 0 spiro atoms. The number of methoxy groups -OCH3 is 1. The van der Waals surface area contributed by atoms with Crippen LogP contribution in [0.1, 0.15) is 38.4 Å². The highest BCUT2D eigenvalue weighted by Crippen LogP contribution is 2.32. The first-order chi connectivity index (χ1) is 12.8. The molecule has 0 bridgehead atoms. The number of carbonyl (C=O) groups is 1. The summed E-state index contributed by atoms with van der Waals surface area (Å²) in [5.74, 6) is 0.374. The summed E-state index contributed by atoms with van der Waals surface area (Å²) in [5.41, 5.74) is 3.37. The summed E-state index contributed by atoms with van der Waals surface area (Å²) in [4.78, 5) is 15.8. The van der Waals surface area contributed by atoms with Crippen molar-refractivity contribution in [3.05, 3.63) is 40.5 Å². The number of nitrogens with zero attached hydrogens (tertiary/aromatic N) is 3. The predicted molar refractivity (Wildman–Crippen MR) is 105 cm³/mol. The minimum Gasteiger partial charge on any atom is -0.469 e. The average Bonchev–Trinajstić information content (AvgIpc) is 3.18. The molecule has 2 aromatic heterocycles. The van der Waals surface area contributed by atoms with E-state index in [2.05, 4.69) is 46.0 Å². The molecular weight excluding hydrogens is 366 g/mol. The molecule has 7 nitrogen and oxygen atoms in total. The summed E-state index contributed by atoms with van der Waals surface area (Å²) < 4.78 is 6.27. The van der Waals surface area contributed by atoms with Crippen LogP contribution in [0.2, 0.25) is 5.02 Å². The van der Waals surface area contributed by atoms with Gasteiger partial charge in [0.15, 0.2) is 11.5 Å². The average molecular weight is 390 g/mol. The molecule has 0 saturated carbocycles. The molecule has 0 unspecified atom stereocenters. The summed E-state index contributed by atoms with van der Waals surface area (Å²) in [7, 11) is 1.39. The second-order valence-corrected chi connectivity index (χ2v) is 7.76. The van der Waals surface area contributed by atoms with Gasteiger partial charge in [-0.05, 0) is 5.56 Å². The highest BCUT2D eigenvalue weighted by Gasteiger charge is 2.24. The van der Waals surface area contributed by atoms with Crippen LogP contribution in [0.4, 0.5) is 0 Å². The number of H-pyrrole nitrogens is 1. The smallest absolute Gasteiger partial charge is 0.306 e. The van der Waals surface area contributed by atoms with Crippen molar-refractivity contribution < 1.29 is 9.53 Å². The van der Waals surface area contributed by atoms with Gasteiger partial charge in [-0.2, -0.15) is 4.63 Å². The lowest BCUT2D eigenvalue weighted by Crippen LogP contribution is -2.18. The molecule has 0 saturated heterocycles. The van der Waals surface area contributed by atoms with Crippen LogP contribution in [0.15, 0.2) is 24.3 Å². The lowest BCUT2D eigenvalue weighted by Gasteiger charge is -2.16. The first kappa shape index (κ1) is 19.4. The van der Waals surface area contributed by atoms with Gasteiger partial charge in [0.25, 0.3) is 0 Å². The number of halogens is 1. The molecule has 0 atom stereocenters. The predicted octanol–water partition coefficient (Wildman–Crippen LogP) is 3.33. The number of aromatic nitrogens is 4. The van der Waals surface area contributed by atoms with Gasteiger partial charge < -0.3 is 10.1 Å². The van der Waals surface area contributed by atoms with Gasteiger partial charge in [-0.3, -0.25) is 9.89 Å². The van der Waals surface area contributed by atoms with E-state index in [4.69, 9.17) is 11.6 Å². The molecule has 0 radical (unpaired) electrons. The normalized spacial score (nSPS) is 11.9. The molecule has 144 valence electrons. The zero-order valence-corrected chi connectivity index (χ0v) is 16.7. The zero-order chi connectivity index (χ0) is 19.6. The topological polar surface area (TPSA) is 84.3 Å². The summed E-state index contributed by atoms with van der Waals surface area (Å²) in [6, 6.07) is 7.90. The SMILES string of the molecule is COC(=O)CCNCc1ccccc1-c1nc2c(Cl)c(C(C)(C)C)[nH]n2n1. The number of fused-ring (bicyclic) bond motifs is 1. The number of hydrogen-bond donors (Lipinski definition) is 2. The fourth-order valence-electron chi connectivity index (χ4n) is 2.82. The third kappa shape index (κ3) is 4.14. The van der Waals surface area contributed by atoms with Gasteiger partial charge in [0.05, 0.1) is 19.2 Å². The standard InChI is InChI=1S/C19H24ClN5O2/c1-19(2,3)16-15(20)18-22-17(24-25(18)23-16)13-8-6-5-7-12(13)11-21-10-9-14(26)27-4/h5-8,21,23H,9-11H2,1-4H3. The van der Waals surface area contributed by atoms with Gasteiger partial charge in [-0.25, -0.2) is 4.98 Å². The van der Waals surface area contributed by atoms with Crippen LogP contribution in [-0.4, -0.2) is 39.4 Å². The number of hydrogen-bond acceptors (Lipinski definition) is 5. The number of aromatic amines is 1. The van der Waals surface area contributed by atoms with Crippen molar-refractivity contribution in [2.75, 3.05) is 13.7 Å². The Kier molecular flexibility index (Phi) is 5.53. The van der Waals surface area contributed by atoms with Gasteiger partial charge in [-0.1, -0.05) is 56.6 Å². The summed E-state index contributed by atoms with van der Waals surface area (Å²) in [6.07, 6.45) is 0.329. The van der Waals surface area contributed by atoms with Crippen LogP contribution in [0.3, 0.4) is 0 Å². The maximum Gasteiger partial charge on any atom is 0.306 e. The molecule has 0 fully saturated rings. The third-order valence-electron chi connectivity index (χ3n) is 4.30. The molecular formula is C19H24ClN5O2. The molecule has 2 heterocycles. The summed E-state index contributed by atoms with van der Waals surface area (Å²) in [6.45, 7) is 7.39. The van der Waals surface area contributed by atoms with Crippen molar-refractivity contribution in [3.63, 3.8) is 0 Å². The fraction of sp³-hybridized carbons (Fsp3) is 0.421. The van der Waals surface area contributed by atoms with E-state index in [0.717, 1.165) is 16.8 Å². The van der Waals surface area contributed by atoms with Crippen molar-refractivity contribution in [1.82, 2.24) is 25.1 Å². The molecule has 0 aliphatic carbocycles. The lowest BCUT2D eigenvalue weighted by molar-refractivity contribution is -0.140. The number of rotatable bonds is 6. The van der Waals surface area contributed by atoms with E-state index in [0.29, 0.717) is 36.0 Å².